The standard InChI is InChI=1S/C18H15ClN4O3S/c1-11-21-22-18(27)23(11)20-10-12-3-8-15(16(9-12)25-2)26-17(24)13-4-6-14(19)7-5-13/h3-10H,1-2H3,(H,22,27)/b20-10-. The molecule has 3 rings (SSSR count). The number of H-pyrrole nitrogens is 1. The zero-order valence-electron chi connectivity index (χ0n) is 14.5. The Morgan fingerprint density at radius 1 is 1.26 bits per heavy atom. The highest BCUT2D eigenvalue weighted by atomic mass is 35.5. The highest BCUT2D eigenvalue weighted by Gasteiger charge is 2.13. The van der Waals surface area contributed by atoms with Gasteiger partial charge in [0, 0.05) is 5.02 Å². The van der Waals surface area contributed by atoms with Crippen LogP contribution in [0.3, 0.4) is 0 Å². The molecular weight excluding hydrogens is 388 g/mol. The molecule has 0 bridgehead atoms. The van der Waals surface area contributed by atoms with Crippen molar-refractivity contribution in [2.75, 3.05) is 7.11 Å². The van der Waals surface area contributed by atoms with E-state index in [-0.39, 0.29) is 0 Å². The van der Waals surface area contributed by atoms with Crippen LogP contribution in [-0.2, 0) is 0 Å². The third-order valence-corrected chi connectivity index (χ3v) is 4.12. The SMILES string of the molecule is COc1cc(/C=N\n2c(C)n[nH]c2=S)ccc1OC(=O)c1ccc(Cl)cc1. The van der Waals surface area contributed by atoms with Gasteiger partial charge in [0.15, 0.2) is 11.5 Å². The molecule has 3 aromatic rings. The van der Waals surface area contributed by atoms with Gasteiger partial charge in [-0.1, -0.05) is 11.6 Å². The Labute approximate surface area is 165 Å². The van der Waals surface area contributed by atoms with Crippen molar-refractivity contribution in [1.29, 1.82) is 0 Å². The molecule has 1 aromatic heterocycles. The number of halogens is 1. The maximum Gasteiger partial charge on any atom is 0.343 e. The number of methoxy groups -OCH3 is 1. The fraction of sp³-hybridized carbons (Fsp3) is 0.111. The van der Waals surface area contributed by atoms with Crippen molar-refractivity contribution >= 4 is 36.0 Å². The quantitative estimate of drug-likeness (QED) is 0.302. The first kappa shape index (κ1) is 18.8. The predicted molar refractivity (Wildman–Crippen MR) is 105 cm³/mol. The number of nitrogens with one attached hydrogen (secondary N) is 1. The average Bonchev–Trinajstić information content (AvgIpc) is 2.99. The van der Waals surface area contributed by atoms with Gasteiger partial charge in [0.1, 0.15) is 5.82 Å². The molecule has 0 amide bonds. The molecule has 2 aromatic carbocycles. The van der Waals surface area contributed by atoms with Gasteiger partial charge in [-0.2, -0.15) is 14.9 Å². The van der Waals surface area contributed by atoms with Gasteiger partial charge in [-0.25, -0.2) is 4.79 Å². The minimum Gasteiger partial charge on any atom is -0.493 e. The fourth-order valence-electron chi connectivity index (χ4n) is 2.22. The number of ether oxygens (including phenoxy) is 2. The summed E-state index contributed by atoms with van der Waals surface area (Å²) in [4.78, 5) is 12.3. The second kappa shape index (κ2) is 8.15. The van der Waals surface area contributed by atoms with E-state index in [1.807, 2.05) is 0 Å². The third kappa shape index (κ3) is 4.42. The average molecular weight is 403 g/mol. The summed E-state index contributed by atoms with van der Waals surface area (Å²) in [5.74, 6) is 0.822. The van der Waals surface area contributed by atoms with Gasteiger partial charge in [0.25, 0.3) is 0 Å². The number of aryl methyl sites for hydroxylation is 1. The highest BCUT2D eigenvalue weighted by molar-refractivity contribution is 7.71. The Bertz CT molecular complexity index is 1060. The Morgan fingerprint density at radius 2 is 2.00 bits per heavy atom. The van der Waals surface area contributed by atoms with Crippen LogP contribution < -0.4 is 9.47 Å². The lowest BCUT2D eigenvalue weighted by Crippen LogP contribution is -2.09. The van der Waals surface area contributed by atoms with Crippen molar-refractivity contribution < 1.29 is 14.3 Å². The van der Waals surface area contributed by atoms with Crippen LogP contribution in [0.5, 0.6) is 11.5 Å². The van der Waals surface area contributed by atoms with Gasteiger partial charge < -0.3 is 9.47 Å². The number of rotatable bonds is 5. The number of carbonyl (C=O) groups excluding carboxylic acids is 1. The second-order valence-corrected chi connectivity index (χ2v) is 6.26. The van der Waals surface area contributed by atoms with E-state index in [1.54, 1.807) is 55.6 Å². The number of carbonyl (C=O) groups is 1. The normalized spacial score (nSPS) is 10.9. The Kier molecular flexibility index (Phi) is 5.68. The van der Waals surface area contributed by atoms with E-state index in [1.165, 1.54) is 11.8 Å². The van der Waals surface area contributed by atoms with Crippen molar-refractivity contribution in [2.24, 2.45) is 5.10 Å². The molecule has 0 saturated heterocycles. The summed E-state index contributed by atoms with van der Waals surface area (Å²) in [6.45, 7) is 1.78. The molecule has 0 saturated carbocycles. The maximum atomic E-state index is 12.3. The molecule has 9 heteroatoms. The summed E-state index contributed by atoms with van der Waals surface area (Å²) in [6, 6.07) is 11.5. The maximum absolute atomic E-state index is 12.3. The molecule has 1 heterocycles. The van der Waals surface area contributed by atoms with Crippen LogP contribution in [0, 0.1) is 11.7 Å². The summed E-state index contributed by atoms with van der Waals surface area (Å²) in [6.07, 6.45) is 1.60. The van der Waals surface area contributed by atoms with Crippen molar-refractivity contribution in [2.45, 2.75) is 6.92 Å². The van der Waals surface area contributed by atoms with Crippen LogP contribution in [0.2, 0.25) is 5.02 Å². The Hall–Kier alpha value is -2.97. The zero-order chi connectivity index (χ0) is 19.4. The molecule has 1 N–H and O–H groups in total. The number of esters is 1. The lowest BCUT2D eigenvalue weighted by Gasteiger charge is -2.10. The van der Waals surface area contributed by atoms with E-state index in [2.05, 4.69) is 15.3 Å². The number of hydrogen-bond acceptors (Lipinski definition) is 6. The highest BCUT2D eigenvalue weighted by Crippen LogP contribution is 2.28. The lowest BCUT2D eigenvalue weighted by atomic mass is 10.2. The molecule has 0 radical (unpaired) electrons. The second-order valence-electron chi connectivity index (χ2n) is 5.44. The molecule has 0 aliphatic heterocycles. The molecule has 0 aliphatic carbocycles. The van der Waals surface area contributed by atoms with Gasteiger partial charge in [-0.15, -0.1) is 0 Å². The van der Waals surface area contributed by atoms with Gasteiger partial charge in [-0.05, 0) is 67.2 Å². The van der Waals surface area contributed by atoms with Crippen molar-refractivity contribution in [1.82, 2.24) is 14.9 Å². The molecule has 0 spiro atoms. The van der Waals surface area contributed by atoms with Gasteiger partial charge in [0.05, 0.1) is 18.9 Å². The first-order valence-electron chi connectivity index (χ1n) is 7.82. The molecule has 0 atom stereocenters. The van der Waals surface area contributed by atoms with Gasteiger partial charge in [-0.3, -0.25) is 5.10 Å². The van der Waals surface area contributed by atoms with Crippen molar-refractivity contribution in [3.05, 3.63) is 69.2 Å². The van der Waals surface area contributed by atoms with Crippen LogP contribution in [0.15, 0.2) is 47.6 Å². The summed E-state index contributed by atoms with van der Waals surface area (Å²) in [5.41, 5.74) is 1.12. The largest absolute Gasteiger partial charge is 0.493 e. The van der Waals surface area contributed by atoms with Crippen LogP contribution >= 0.6 is 23.8 Å². The lowest BCUT2D eigenvalue weighted by molar-refractivity contribution is 0.0729. The van der Waals surface area contributed by atoms with Gasteiger partial charge in [0.2, 0.25) is 4.77 Å². The number of hydrogen-bond donors (Lipinski definition) is 1. The van der Waals surface area contributed by atoms with Crippen LogP contribution in [-0.4, -0.2) is 34.2 Å². The summed E-state index contributed by atoms with van der Waals surface area (Å²) >= 11 is 10.9. The van der Waals surface area contributed by atoms with E-state index in [0.717, 1.165) is 5.56 Å². The summed E-state index contributed by atoms with van der Waals surface area (Å²) in [7, 11) is 1.49. The molecule has 0 fully saturated rings. The third-order valence-electron chi connectivity index (χ3n) is 3.60. The summed E-state index contributed by atoms with van der Waals surface area (Å²) < 4.78 is 12.6. The van der Waals surface area contributed by atoms with E-state index in [9.17, 15) is 4.79 Å². The van der Waals surface area contributed by atoms with Gasteiger partial charge >= 0.3 is 5.97 Å². The first-order chi connectivity index (χ1) is 13.0. The Morgan fingerprint density at radius 3 is 2.63 bits per heavy atom. The molecule has 7 nitrogen and oxygen atoms in total. The molecular formula is C18H15ClN4O3S. The molecule has 0 aliphatic rings. The van der Waals surface area contributed by atoms with Crippen molar-refractivity contribution in [3.8, 4) is 11.5 Å². The Balaban J connectivity index is 1.81. The minimum absolute atomic E-state index is 0.297. The topological polar surface area (TPSA) is 81.5 Å². The molecule has 138 valence electrons. The van der Waals surface area contributed by atoms with E-state index < -0.39 is 5.97 Å². The van der Waals surface area contributed by atoms with E-state index >= 15 is 0 Å². The molecule has 0 unspecified atom stereocenters. The van der Waals surface area contributed by atoms with Crippen molar-refractivity contribution in [3.63, 3.8) is 0 Å². The first-order valence-corrected chi connectivity index (χ1v) is 8.60. The number of nitrogens with zero attached hydrogens (tertiary/aromatic N) is 3. The zero-order valence-corrected chi connectivity index (χ0v) is 16.0. The van der Waals surface area contributed by atoms with E-state index in [4.69, 9.17) is 33.3 Å². The fourth-order valence-corrected chi connectivity index (χ4v) is 2.58. The number of benzene rings is 2. The molecule has 27 heavy (non-hydrogen) atoms. The number of aromatic amines is 1. The van der Waals surface area contributed by atoms with E-state index in [0.29, 0.717) is 32.7 Å². The predicted octanol–water partition coefficient (Wildman–Crippen LogP) is 4.01. The number of aromatic nitrogens is 3. The smallest absolute Gasteiger partial charge is 0.343 e. The summed E-state index contributed by atoms with van der Waals surface area (Å²) in [5, 5.41) is 11.5. The van der Waals surface area contributed by atoms with Crippen LogP contribution in [0.25, 0.3) is 0 Å². The minimum atomic E-state index is -0.508. The monoisotopic (exact) mass is 402 g/mol. The van der Waals surface area contributed by atoms with Crippen LogP contribution in [0.4, 0.5) is 0 Å². The van der Waals surface area contributed by atoms with Crippen LogP contribution in [0.1, 0.15) is 21.7 Å².